The van der Waals surface area contributed by atoms with Gasteiger partial charge in [-0.3, -0.25) is 19.2 Å². The predicted octanol–water partition coefficient (Wildman–Crippen LogP) is 6.49. The molecule has 35 heteroatoms. The summed E-state index contributed by atoms with van der Waals surface area (Å²) < 4.78 is 25.3. The molecule has 16 nitrogen and oxygen atoms in total. The van der Waals surface area contributed by atoms with Crippen LogP contribution < -0.4 is 71.5 Å². The van der Waals surface area contributed by atoms with Crippen LogP contribution in [0.15, 0.2) is 12.4 Å². The number of rotatable bonds is 36. The van der Waals surface area contributed by atoms with Gasteiger partial charge in [-0.2, -0.15) is 0 Å². The van der Waals surface area contributed by atoms with E-state index in [9.17, 15) is 19.2 Å². The number of alkyl halides is 2. The van der Waals surface area contributed by atoms with Gasteiger partial charge in [0.15, 0.2) is 0 Å². The number of ether oxygens (including phenoxy) is 4. The Balaban J connectivity index is -0.000000234. The Morgan fingerprint density at radius 2 is 0.718 bits per heavy atom. The number of halogens is 11. The van der Waals surface area contributed by atoms with Crippen LogP contribution in [-0.2, 0) is 111 Å². The fourth-order valence-corrected chi connectivity index (χ4v) is 9.88. The van der Waals surface area contributed by atoms with Gasteiger partial charge < -0.3 is 40.3 Å². The quantitative estimate of drug-likeness (QED) is 0.0139. The third-order valence-corrected chi connectivity index (χ3v) is 14.2. The van der Waals surface area contributed by atoms with Gasteiger partial charge in [0.25, 0.3) is 0 Å². The van der Waals surface area contributed by atoms with Gasteiger partial charge in [-0.25, -0.2) is 8.90 Å². The fourth-order valence-electron chi connectivity index (χ4n) is 7.42. The minimum absolute atomic E-state index is 0. The number of hydrogen-bond donors (Lipinski definition) is 0. The Hall–Kier alpha value is 5.00. The number of nitrogens with zero attached hydrogens (tertiary/aromatic N) is 8. The van der Waals surface area contributed by atoms with E-state index in [-0.39, 0.29) is 133 Å². The van der Waals surface area contributed by atoms with Crippen molar-refractivity contribution in [3.8, 4) is 0 Å². The minimum atomic E-state index is -2.81. The number of unbranched alkanes of at least 4 members (excludes halogenated alkanes) is 12. The Labute approximate surface area is 643 Å². The van der Waals surface area contributed by atoms with E-state index in [2.05, 4.69) is 65.8 Å². The first-order valence-electron chi connectivity index (χ1n) is 26.3. The van der Waals surface area contributed by atoms with E-state index in [1.54, 1.807) is 13.8 Å². The van der Waals surface area contributed by atoms with E-state index < -0.39 is 42.4 Å². The van der Waals surface area contributed by atoms with Gasteiger partial charge in [-0.15, -0.1) is 10.2 Å². The number of likely N-dealkylation sites (N-methyl/N-ethyl adjacent to an activating group) is 2. The fraction of sp³-hybridized carbons (Fsp3) is 0.840. The van der Waals surface area contributed by atoms with E-state index in [0.29, 0.717) is 65.7 Å². The summed E-state index contributed by atoms with van der Waals surface area (Å²) in [5.74, 6) is -1.25. The van der Waals surface area contributed by atoms with Gasteiger partial charge in [0.05, 0.1) is 90.1 Å². The van der Waals surface area contributed by atoms with E-state index in [1.807, 2.05) is 91.3 Å². The van der Waals surface area contributed by atoms with Crippen LogP contribution in [0.25, 0.3) is 0 Å². The minimum Gasteiger partial charge on any atom is 0 e. The van der Waals surface area contributed by atoms with Gasteiger partial charge in [0, 0.05) is 54.6 Å². The maximum Gasteiger partial charge on any atom is 1.00 e. The Kier molecular flexibility index (Phi) is 65.7. The Morgan fingerprint density at radius 3 is 0.953 bits per heavy atom. The maximum absolute atomic E-state index is 12.6. The molecule has 4 unspecified atom stereocenters. The molecule has 2 radical (unpaired) electrons. The number of carbonyl (C=O) groups is 4. The topological polar surface area (TPSA) is 167 Å². The predicted molar refractivity (Wildman–Crippen MR) is 339 cm³/mol. The van der Waals surface area contributed by atoms with Gasteiger partial charge in [0.2, 0.25) is 0 Å². The van der Waals surface area contributed by atoms with Crippen LogP contribution in [0.5, 0.6) is 0 Å². The first-order chi connectivity index (χ1) is 36.5. The molecular formula is C50H94Br2Cl9N8Na2O8P2Pd2V2-. The molecule has 0 fully saturated rings. The van der Waals surface area contributed by atoms with E-state index in [0.717, 1.165) is 88.7 Å². The molecule has 0 aromatic carbocycles. The van der Waals surface area contributed by atoms with Gasteiger partial charge >= 0.3 is 182 Å². The summed E-state index contributed by atoms with van der Waals surface area (Å²) in [4.78, 5) is 50.4. The van der Waals surface area contributed by atoms with Crippen LogP contribution in [0.4, 0.5) is 0 Å². The van der Waals surface area contributed by atoms with Crippen molar-refractivity contribution in [1.82, 2.24) is 29.5 Å². The van der Waals surface area contributed by atoms with Gasteiger partial charge in [-0.05, 0) is 106 Å². The number of aryl methyl sites for hydroxylation is 2. The number of esters is 4. The van der Waals surface area contributed by atoms with Crippen molar-refractivity contribution >= 4 is 149 Å². The third kappa shape index (κ3) is 63.5. The van der Waals surface area contributed by atoms with Crippen LogP contribution >= 0.6 is 126 Å². The zero-order valence-electron chi connectivity index (χ0n) is 52.7. The molecule has 0 N–H and O–H groups in total. The number of aromatic nitrogens is 6. The second-order valence-electron chi connectivity index (χ2n) is 22.8. The summed E-state index contributed by atoms with van der Waals surface area (Å²) in [6.45, 7) is 17.9. The molecule has 0 saturated carbocycles. The van der Waals surface area contributed by atoms with Crippen molar-refractivity contribution in [2.45, 2.75) is 166 Å². The average molecular weight is 1840 g/mol. The summed E-state index contributed by atoms with van der Waals surface area (Å²) in [6, 6.07) is 0. The maximum atomic E-state index is 12.6. The van der Waals surface area contributed by atoms with Crippen molar-refractivity contribution in [1.29, 1.82) is 0 Å². The van der Waals surface area contributed by atoms with Crippen molar-refractivity contribution in [3.63, 3.8) is 0 Å². The van der Waals surface area contributed by atoms with Crippen LogP contribution in [0.1, 0.15) is 156 Å². The normalized spacial score (nSPS) is 13.6. The second kappa shape index (κ2) is 54.0. The zero-order valence-corrected chi connectivity index (χ0v) is 74.5. The zero-order chi connectivity index (χ0) is 62.1. The molecule has 0 bridgehead atoms. The number of carbonyl (C=O) groups excluding carboxylic acids is 4. The second-order valence-corrected chi connectivity index (χ2v) is 56.5. The molecular weight excluding hydrogens is 1740 g/mol. The number of hydrogen-bond acceptors (Lipinski definition) is 12. The van der Waals surface area contributed by atoms with Crippen LogP contribution in [0.3, 0.4) is 0 Å². The van der Waals surface area contributed by atoms with Gasteiger partial charge in [-0.1, -0.05) is 106 Å². The summed E-state index contributed by atoms with van der Waals surface area (Å²) >= 11 is 1.34. The van der Waals surface area contributed by atoms with Crippen LogP contribution in [0, 0.1) is 10.8 Å². The molecule has 2 heterocycles. The average Bonchev–Trinajstić information content (AvgIpc) is 3.97. The van der Waals surface area contributed by atoms with Crippen molar-refractivity contribution in [2.75, 3.05) is 95.1 Å². The van der Waals surface area contributed by atoms with E-state index >= 15 is 0 Å². The summed E-state index contributed by atoms with van der Waals surface area (Å²) in [6.07, 6.45) is 22.3. The molecule has 0 spiro atoms. The smallest absolute Gasteiger partial charge is 0 e. The van der Waals surface area contributed by atoms with Crippen molar-refractivity contribution < 1.29 is 179 Å². The summed E-state index contributed by atoms with van der Waals surface area (Å²) in [7, 11) is 53.4. The van der Waals surface area contributed by atoms with Crippen molar-refractivity contribution in [2.24, 2.45) is 10.8 Å². The molecule has 2 rings (SSSR count). The molecule has 85 heavy (non-hydrogen) atoms. The number of quaternary nitrogens is 2. The molecule has 0 amide bonds. The Morgan fingerprint density at radius 1 is 0.482 bits per heavy atom. The molecule has 0 aliphatic heterocycles. The monoisotopic (exact) mass is 1830 g/mol. The van der Waals surface area contributed by atoms with Crippen molar-refractivity contribution in [3.05, 3.63) is 23.8 Å². The third-order valence-electron chi connectivity index (χ3n) is 11.7. The summed E-state index contributed by atoms with van der Waals surface area (Å²) in [5.41, 5.74) is 0.586. The molecule has 4 atom stereocenters. The van der Waals surface area contributed by atoms with E-state index in [1.165, 1.54) is 38.5 Å². The first kappa shape index (κ1) is 103. The first-order valence-corrected chi connectivity index (χ1v) is 46.8. The standard InChI is InChI=1S/2C25H47BrN4O4P.9ClH.2Na.2Pd.2V/c2*1-24(2,20-25(3,26)23(32)34-18-16-30(4,5)6)22(31)33-17-14-12-10-8-9-11-13-15-21-19-29(35-7)28-27-21;;;;;;;;;;;;;;;/h2*19,35H,8-18,20H2,1-7H3;9*1H;;;;;;/q2*+1;;;;;;;;;;2*+1;2*+2;;/p-9. The van der Waals surface area contributed by atoms with Crippen LogP contribution in [-0.4, -0.2) is 166 Å². The largest absolute Gasteiger partial charge is 1.00 e. The molecule has 0 aliphatic carbocycles. The molecule has 502 valence electrons. The molecule has 2 aromatic rings. The molecule has 2 aromatic heterocycles. The molecule has 0 aliphatic rings. The SMILES string of the molecule is CPn1cc(CCCCCCCCCOC(=O)C(C)(C)CC(C)(Br)C(=O)OCC[N+](C)(C)C)nn1.CPn1cc(CCCCCCCCCOC(=O)C(C)(C)CC(C)(Br)C(=O)OCC[N+](C)(C)C)nn1.[Cl-].[Cl][Pd-2]([Cl])([Cl])[Cl].[Cl][Pd-2]([Cl])([Cl])[Cl].[Na+].[Na+].[V].[V]. The van der Waals surface area contributed by atoms with Gasteiger partial charge in [0.1, 0.15) is 35.0 Å². The Bertz CT molecular complexity index is 1930. The van der Waals surface area contributed by atoms with E-state index in [4.69, 9.17) is 95.2 Å². The summed E-state index contributed by atoms with van der Waals surface area (Å²) in [5, 5.41) is 16.5. The van der Waals surface area contributed by atoms with Crippen LogP contribution in [0.2, 0.25) is 0 Å². The molecule has 0 saturated heterocycles.